The van der Waals surface area contributed by atoms with Gasteiger partial charge in [-0.15, -0.1) is 0 Å². The van der Waals surface area contributed by atoms with Crippen molar-refractivity contribution >= 4 is 12.1 Å². The molecule has 0 spiro atoms. The highest BCUT2D eigenvalue weighted by molar-refractivity contribution is 5.89. The Balaban J connectivity index is 1.81. The van der Waals surface area contributed by atoms with Crippen LogP contribution in [0.5, 0.6) is 0 Å². The Morgan fingerprint density at radius 2 is 2.00 bits per heavy atom. The summed E-state index contributed by atoms with van der Waals surface area (Å²) in [4.78, 5) is 27.9. The van der Waals surface area contributed by atoms with Crippen molar-refractivity contribution in [3.05, 3.63) is 30.1 Å². The van der Waals surface area contributed by atoms with Crippen molar-refractivity contribution in [2.45, 2.75) is 52.2 Å². The quantitative estimate of drug-likeness (QED) is 0.636. The van der Waals surface area contributed by atoms with E-state index >= 15 is 0 Å². The third kappa shape index (κ3) is 5.83. The summed E-state index contributed by atoms with van der Waals surface area (Å²) in [5, 5.41) is 2.79. The predicted octanol–water partition coefficient (Wildman–Crippen LogP) is 3.53. The van der Waals surface area contributed by atoms with Gasteiger partial charge in [-0.25, -0.2) is 9.59 Å². The molecule has 1 aliphatic rings. The minimum absolute atomic E-state index is 0.147. The van der Waals surface area contributed by atoms with Gasteiger partial charge in [-0.2, -0.15) is 0 Å². The maximum Gasteiger partial charge on any atom is 0.410 e. The van der Waals surface area contributed by atoms with Gasteiger partial charge < -0.3 is 14.8 Å². The maximum absolute atomic E-state index is 12.1. The van der Waals surface area contributed by atoms with Gasteiger partial charge in [0.2, 0.25) is 0 Å². The van der Waals surface area contributed by atoms with Crippen LogP contribution in [0.2, 0.25) is 0 Å². The van der Waals surface area contributed by atoms with E-state index in [0.29, 0.717) is 18.0 Å². The summed E-state index contributed by atoms with van der Waals surface area (Å²) in [6, 6.07) is 3.26. The molecule has 1 atom stereocenters. The summed E-state index contributed by atoms with van der Waals surface area (Å²) >= 11 is 0. The lowest BCUT2D eigenvalue weighted by Gasteiger charge is -2.24. The van der Waals surface area contributed by atoms with Crippen molar-refractivity contribution < 1.29 is 19.1 Å². The average molecular weight is 334 g/mol. The molecule has 0 saturated heterocycles. The van der Waals surface area contributed by atoms with E-state index in [4.69, 9.17) is 9.47 Å². The number of alkyl carbamates (subject to hydrolysis) is 1. The zero-order valence-corrected chi connectivity index (χ0v) is 14.4. The largest absolute Gasteiger partial charge is 0.421 e. The molecule has 1 saturated carbocycles. The third-order valence-corrected chi connectivity index (χ3v) is 4.15. The Hall–Kier alpha value is -2.11. The summed E-state index contributed by atoms with van der Waals surface area (Å²) in [7, 11) is 0. The van der Waals surface area contributed by atoms with Crippen LogP contribution in [0, 0.1) is 11.8 Å². The molecule has 1 aliphatic carbocycles. The fourth-order valence-corrected chi connectivity index (χ4v) is 2.72. The summed E-state index contributed by atoms with van der Waals surface area (Å²) in [5.41, 5.74) is 0.328. The third-order valence-electron chi connectivity index (χ3n) is 4.15. The zero-order valence-electron chi connectivity index (χ0n) is 14.4. The van der Waals surface area contributed by atoms with E-state index in [0.717, 1.165) is 12.8 Å². The van der Waals surface area contributed by atoms with E-state index in [2.05, 4.69) is 10.3 Å². The molecule has 1 heterocycles. The molecule has 6 nitrogen and oxygen atoms in total. The zero-order chi connectivity index (χ0) is 17.4. The molecular weight excluding hydrogens is 308 g/mol. The van der Waals surface area contributed by atoms with E-state index in [1.54, 1.807) is 18.3 Å². The molecule has 1 fully saturated rings. The lowest BCUT2D eigenvalue weighted by Crippen LogP contribution is -2.37. The number of ether oxygens (including phenoxy) is 2. The van der Waals surface area contributed by atoms with Crippen LogP contribution >= 0.6 is 0 Å². The van der Waals surface area contributed by atoms with Crippen LogP contribution in [-0.4, -0.2) is 29.9 Å². The normalized spacial score (nSPS) is 16.5. The van der Waals surface area contributed by atoms with Crippen LogP contribution in [0.15, 0.2) is 24.5 Å². The number of pyridine rings is 1. The van der Waals surface area contributed by atoms with Crippen molar-refractivity contribution in [1.29, 1.82) is 0 Å². The van der Waals surface area contributed by atoms with Gasteiger partial charge >= 0.3 is 12.1 Å². The molecule has 0 radical (unpaired) electrons. The molecule has 0 aliphatic heterocycles. The summed E-state index contributed by atoms with van der Waals surface area (Å²) in [6.07, 6.45) is 7.53. The highest BCUT2D eigenvalue weighted by atomic mass is 16.7. The molecule has 1 amide bonds. The minimum Gasteiger partial charge on any atom is -0.421 e. The molecule has 1 aromatic heterocycles. The lowest BCUT2D eigenvalue weighted by atomic mass is 9.89. The Morgan fingerprint density at radius 1 is 1.25 bits per heavy atom. The second-order valence-electron chi connectivity index (χ2n) is 6.55. The number of carbonyl (C=O) groups excluding carboxylic acids is 2. The van der Waals surface area contributed by atoms with E-state index < -0.39 is 18.4 Å². The number of carbonyl (C=O) groups is 2. The molecule has 24 heavy (non-hydrogen) atoms. The number of nitrogens with zero attached hydrogens (tertiary/aromatic N) is 1. The summed E-state index contributed by atoms with van der Waals surface area (Å²) in [5.74, 6) is -0.185. The average Bonchev–Trinajstić information content (AvgIpc) is 2.61. The number of aromatic nitrogens is 1. The van der Waals surface area contributed by atoms with Crippen LogP contribution in [0.25, 0.3) is 0 Å². The number of amides is 1. The molecule has 1 aromatic rings. The highest BCUT2D eigenvalue weighted by Crippen LogP contribution is 2.22. The second kappa shape index (κ2) is 9.25. The Morgan fingerprint density at radius 3 is 2.62 bits per heavy atom. The topological polar surface area (TPSA) is 77.5 Å². The SMILES string of the molecule is CC(C)C(OC(=O)NCC1CCCCC1)OC(=O)c1cccnc1. The maximum atomic E-state index is 12.1. The van der Waals surface area contributed by atoms with Crippen LogP contribution in [-0.2, 0) is 9.47 Å². The van der Waals surface area contributed by atoms with Crippen LogP contribution < -0.4 is 5.32 Å². The van der Waals surface area contributed by atoms with Crippen molar-refractivity contribution in [1.82, 2.24) is 10.3 Å². The van der Waals surface area contributed by atoms with Crippen LogP contribution in [0.4, 0.5) is 4.79 Å². The number of nitrogens with one attached hydrogen (secondary N) is 1. The summed E-state index contributed by atoms with van der Waals surface area (Å²) in [6.45, 7) is 4.27. The first-order chi connectivity index (χ1) is 11.6. The smallest absolute Gasteiger partial charge is 0.410 e. The Kier molecular flexibility index (Phi) is 7.03. The molecule has 132 valence electrons. The van der Waals surface area contributed by atoms with Crippen molar-refractivity contribution in [3.63, 3.8) is 0 Å². The van der Waals surface area contributed by atoms with E-state index in [-0.39, 0.29) is 5.92 Å². The van der Waals surface area contributed by atoms with Crippen LogP contribution in [0.3, 0.4) is 0 Å². The number of hydrogen-bond acceptors (Lipinski definition) is 5. The van der Waals surface area contributed by atoms with E-state index in [1.807, 2.05) is 13.8 Å². The molecule has 1 N–H and O–H groups in total. The standard InChI is InChI=1S/C18H26N2O4/c1-13(2)17(23-16(21)15-9-6-10-19-12-15)24-18(22)20-11-14-7-4-3-5-8-14/h6,9-10,12-14,17H,3-5,7-8,11H2,1-2H3,(H,20,22). The van der Waals surface area contributed by atoms with Gasteiger partial charge in [0.05, 0.1) is 5.56 Å². The van der Waals surface area contributed by atoms with Gasteiger partial charge in [0.1, 0.15) is 0 Å². The number of hydrogen-bond donors (Lipinski definition) is 1. The van der Waals surface area contributed by atoms with Crippen molar-refractivity contribution in [3.8, 4) is 0 Å². The van der Waals surface area contributed by atoms with E-state index in [1.165, 1.54) is 25.5 Å². The van der Waals surface area contributed by atoms with Gasteiger partial charge in [0, 0.05) is 24.9 Å². The molecule has 1 unspecified atom stereocenters. The molecule has 2 rings (SSSR count). The van der Waals surface area contributed by atoms with Gasteiger partial charge in [-0.3, -0.25) is 4.98 Å². The van der Waals surface area contributed by atoms with Gasteiger partial charge in [-0.05, 0) is 30.9 Å². The molecule has 6 heteroatoms. The number of rotatable bonds is 6. The first-order valence-electron chi connectivity index (χ1n) is 8.61. The van der Waals surface area contributed by atoms with E-state index in [9.17, 15) is 9.59 Å². The Labute approximate surface area is 142 Å². The molecule has 0 aromatic carbocycles. The lowest BCUT2D eigenvalue weighted by molar-refractivity contribution is -0.0955. The van der Waals surface area contributed by atoms with Crippen molar-refractivity contribution in [2.24, 2.45) is 11.8 Å². The molecular formula is C18H26N2O4. The molecule has 0 bridgehead atoms. The summed E-state index contributed by atoms with van der Waals surface area (Å²) < 4.78 is 10.6. The van der Waals surface area contributed by atoms with Gasteiger partial charge in [0.25, 0.3) is 6.29 Å². The Bertz CT molecular complexity index is 527. The van der Waals surface area contributed by atoms with Gasteiger partial charge in [0.15, 0.2) is 0 Å². The first-order valence-corrected chi connectivity index (χ1v) is 8.61. The monoisotopic (exact) mass is 334 g/mol. The first kappa shape index (κ1) is 18.2. The van der Waals surface area contributed by atoms with Crippen molar-refractivity contribution in [2.75, 3.05) is 6.54 Å². The fourth-order valence-electron chi connectivity index (χ4n) is 2.72. The fraction of sp³-hybridized carbons (Fsp3) is 0.611. The predicted molar refractivity (Wildman–Crippen MR) is 89.3 cm³/mol. The van der Waals surface area contributed by atoms with Gasteiger partial charge in [-0.1, -0.05) is 33.1 Å². The highest BCUT2D eigenvalue weighted by Gasteiger charge is 2.24. The number of esters is 1. The van der Waals surface area contributed by atoms with Crippen LogP contribution in [0.1, 0.15) is 56.3 Å². The minimum atomic E-state index is -0.927. The second-order valence-corrected chi connectivity index (χ2v) is 6.55.